The molecule has 100 valence electrons. The summed E-state index contributed by atoms with van der Waals surface area (Å²) in [5.74, 6) is -0.898. The van der Waals surface area contributed by atoms with E-state index < -0.39 is 17.7 Å². The Morgan fingerprint density at radius 2 is 2.21 bits per heavy atom. The van der Waals surface area contributed by atoms with Crippen LogP contribution in [-0.2, 0) is 6.54 Å². The number of nitrogens with one attached hydrogen (secondary N) is 2. The second kappa shape index (κ2) is 5.42. The van der Waals surface area contributed by atoms with Crippen LogP contribution in [0.4, 0.5) is 19.3 Å². The van der Waals surface area contributed by atoms with Gasteiger partial charge in [0.05, 0.1) is 12.2 Å². The molecular weight excluding hydrogens is 258 g/mol. The van der Waals surface area contributed by atoms with E-state index in [4.69, 9.17) is 4.52 Å². The van der Waals surface area contributed by atoms with Crippen LogP contribution in [0.15, 0.2) is 22.7 Å². The van der Waals surface area contributed by atoms with E-state index in [2.05, 4.69) is 20.8 Å². The second-order valence-electron chi connectivity index (χ2n) is 3.66. The largest absolute Gasteiger partial charge is 0.340 e. The highest BCUT2D eigenvalue weighted by Gasteiger charge is 2.09. The van der Waals surface area contributed by atoms with Crippen molar-refractivity contribution in [3.05, 3.63) is 41.5 Å². The summed E-state index contributed by atoms with van der Waals surface area (Å²) < 4.78 is 30.6. The summed E-state index contributed by atoms with van der Waals surface area (Å²) in [6.45, 7) is 1.65. The Balaban J connectivity index is 1.90. The molecule has 2 N–H and O–H groups in total. The number of rotatable bonds is 3. The van der Waals surface area contributed by atoms with E-state index in [9.17, 15) is 13.6 Å². The normalized spacial score (nSPS) is 10.3. The fourth-order valence-corrected chi connectivity index (χ4v) is 1.33. The lowest BCUT2D eigenvalue weighted by Crippen LogP contribution is -2.29. The molecule has 0 aliphatic carbocycles. The summed E-state index contributed by atoms with van der Waals surface area (Å²) >= 11 is 0. The summed E-state index contributed by atoms with van der Waals surface area (Å²) in [5.41, 5.74) is -0.122. The summed E-state index contributed by atoms with van der Waals surface area (Å²) in [6.07, 6.45) is 0. The molecule has 2 rings (SSSR count). The number of hydrogen-bond donors (Lipinski definition) is 2. The van der Waals surface area contributed by atoms with Gasteiger partial charge in [-0.1, -0.05) is 5.16 Å². The van der Waals surface area contributed by atoms with Crippen molar-refractivity contribution in [1.29, 1.82) is 0 Å². The van der Waals surface area contributed by atoms with Gasteiger partial charge in [-0.15, -0.1) is 0 Å². The van der Waals surface area contributed by atoms with Gasteiger partial charge in [0.15, 0.2) is 5.82 Å². The number of carbonyl (C=O) groups excluding carboxylic acids is 1. The lowest BCUT2D eigenvalue weighted by atomic mass is 10.3. The second-order valence-corrected chi connectivity index (χ2v) is 3.66. The molecule has 6 nitrogen and oxygen atoms in total. The van der Waals surface area contributed by atoms with Gasteiger partial charge in [-0.2, -0.15) is 4.98 Å². The molecule has 0 saturated carbocycles. The van der Waals surface area contributed by atoms with E-state index in [1.54, 1.807) is 6.92 Å². The van der Waals surface area contributed by atoms with Gasteiger partial charge in [-0.05, 0) is 12.1 Å². The van der Waals surface area contributed by atoms with Crippen LogP contribution < -0.4 is 10.6 Å². The first-order chi connectivity index (χ1) is 9.04. The Morgan fingerprint density at radius 1 is 1.42 bits per heavy atom. The first-order valence-electron chi connectivity index (χ1n) is 5.33. The minimum atomic E-state index is -0.856. The number of nitrogens with zero attached hydrogens (tertiary/aromatic N) is 2. The first-order valence-corrected chi connectivity index (χ1v) is 5.33. The minimum absolute atomic E-state index is 0.0337. The Labute approximate surface area is 106 Å². The van der Waals surface area contributed by atoms with Crippen molar-refractivity contribution < 1.29 is 18.1 Å². The van der Waals surface area contributed by atoms with Crippen molar-refractivity contribution in [2.24, 2.45) is 0 Å². The van der Waals surface area contributed by atoms with Crippen molar-refractivity contribution >= 4 is 11.7 Å². The summed E-state index contributed by atoms with van der Waals surface area (Å²) in [6, 6.07) is 2.19. The van der Waals surface area contributed by atoms with Crippen molar-refractivity contribution in [2.45, 2.75) is 13.5 Å². The van der Waals surface area contributed by atoms with Crippen molar-refractivity contribution in [2.75, 3.05) is 5.32 Å². The molecule has 1 aromatic heterocycles. The number of halogens is 2. The van der Waals surface area contributed by atoms with Crippen molar-refractivity contribution in [1.82, 2.24) is 15.5 Å². The summed E-state index contributed by atoms with van der Waals surface area (Å²) in [5, 5.41) is 8.22. The maximum atomic E-state index is 13.3. The zero-order chi connectivity index (χ0) is 13.8. The van der Waals surface area contributed by atoms with Gasteiger partial charge in [-0.3, -0.25) is 0 Å². The van der Waals surface area contributed by atoms with Crippen LogP contribution in [0, 0.1) is 18.6 Å². The van der Waals surface area contributed by atoms with Gasteiger partial charge < -0.3 is 15.2 Å². The molecule has 0 unspecified atom stereocenters. The highest BCUT2D eigenvalue weighted by atomic mass is 19.1. The van der Waals surface area contributed by atoms with Crippen molar-refractivity contribution in [3.63, 3.8) is 0 Å². The number of anilines is 1. The van der Waals surface area contributed by atoms with Crippen LogP contribution in [0.3, 0.4) is 0 Å². The predicted molar refractivity (Wildman–Crippen MR) is 61.3 cm³/mol. The number of hydrogen-bond acceptors (Lipinski definition) is 4. The number of amides is 2. The number of carbonyl (C=O) groups is 1. The van der Waals surface area contributed by atoms with Crippen LogP contribution >= 0.6 is 0 Å². The molecule has 2 aromatic rings. The van der Waals surface area contributed by atoms with Gasteiger partial charge in [0, 0.05) is 13.0 Å². The van der Waals surface area contributed by atoms with E-state index in [-0.39, 0.29) is 12.2 Å². The van der Waals surface area contributed by atoms with Crippen LogP contribution in [0.5, 0.6) is 0 Å². The number of aryl methyl sites for hydroxylation is 1. The Kier molecular flexibility index (Phi) is 3.69. The molecule has 0 radical (unpaired) electrons. The van der Waals surface area contributed by atoms with E-state index in [0.29, 0.717) is 17.8 Å². The molecule has 1 aromatic carbocycles. The molecular formula is C11H10F2N4O2. The van der Waals surface area contributed by atoms with E-state index >= 15 is 0 Å². The average Bonchev–Trinajstić information content (AvgIpc) is 2.76. The zero-order valence-corrected chi connectivity index (χ0v) is 9.91. The number of benzene rings is 1. The molecule has 8 heteroatoms. The minimum Gasteiger partial charge on any atom is -0.340 e. The van der Waals surface area contributed by atoms with E-state index in [1.807, 2.05) is 0 Å². The van der Waals surface area contributed by atoms with Crippen LogP contribution in [0.25, 0.3) is 0 Å². The Bertz CT molecular complexity index is 600. The van der Waals surface area contributed by atoms with E-state index in [0.717, 1.165) is 12.1 Å². The predicted octanol–water partition coefficient (Wildman–Crippen LogP) is 1.98. The highest BCUT2D eigenvalue weighted by Crippen LogP contribution is 2.14. The third kappa shape index (κ3) is 3.47. The third-order valence-electron chi connectivity index (χ3n) is 2.16. The van der Waals surface area contributed by atoms with Crippen LogP contribution in [-0.4, -0.2) is 16.2 Å². The van der Waals surface area contributed by atoms with Crippen molar-refractivity contribution in [3.8, 4) is 0 Å². The topological polar surface area (TPSA) is 80.0 Å². The fraction of sp³-hybridized carbons (Fsp3) is 0.182. The summed E-state index contributed by atoms with van der Waals surface area (Å²) in [7, 11) is 0. The molecule has 0 saturated heterocycles. The average molecular weight is 268 g/mol. The molecule has 0 fully saturated rings. The molecule has 0 bridgehead atoms. The maximum absolute atomic E-state index is 13.3. The first kappa shape index (κ1) is 12.9. The van der Waals surface area contributed by atoms with Crippen LogP contribution in [0.2, 0.25) is 0 Å². The Hall–Kier alpha value is -2.51. The quantitative estimate of drug-likeness (QED) is 0.892. The third-order valence-corrected chi connectivity index (χ3v) is 2.16. The number of aromatic nitrogens is 2. The maximum Gasteiger partial charge on any atom is 0.319 e. The van der Waals surface area contributed by atoms with Gasteiger partial charge in [0.1, 0.15) is 11.6 Å². The molecule has 0 aliphatic rings. The van der Waals surface area contributed by atoms with Gasteiger partial charge in [0.25, 0.3) is 0 Å². The highest BCUT2D eigenvalue weighted by molar-refractivity contribution is 5.89. The zero-order valence-electron chi connectivity index (χ0n) is 9.91. The molecule has 2 amide bonds. The molecule has 19 heavy (non-hydrogen) atoms. The molecule has 0 aliphatic heterocycles. The standard InChI is InChI=1S/C11H10F2N4O2/c1-6-15-10(17-19-6)5-14-11(18)16-9-3-2-7(12)4-8(9)13/h2-4H,5H2,1H3,(H2,14,16,18). The SMILES string of the molecule is Cc1nc(CNC(=O)Nc2ccc(F)cc2F)no1. The fourth-order valence-electron chi connectivity index (χ4n) is 1.33. The van der Waals surface area contributed by atoms with Gasteiger partial charge >= 0.3 is 6.03 Å². The summed E-state index contributed by atoms with van der Waals surface area (Å²) in [4.78, 5) is 15.3. The molecule has 0 atom stereocenters. The molecule has 1 heterocycles. The Morgan fingerprint density at radius 3 is 2.84 bits per heavy atom. The van der Waals surface area contributed by atoms with Gasteiger partial charge in [-0.25, -0.2) is 13.6 Å². The lowest BCUT2D eigenvalue weighted by Gasteiger charge is -2.06. The van der Waals surface area contributed by atoms with Crippen LogP contribution in [0.1, 0.15) is 11.7 Å². The smallest absolute Gasteiger partial charge is 0.319 e. The van der Waals surface area contributed by atoms with E-state index in [1.165, 1.54) is 0 Å². The number of urea groups is 1. The lowest BCUT2D eigenvalue weighted by molar-refractivity contribution is 0.251. The molecule has 0 spiro atoms. The van der Waals surface area contributed by atoms with Gasteiger partial charge in [0.2, 0.25) is 5.89 Å². The monoisotopic (exact) mass is 268 g/mol.